The van der Waals surface area contributed by atoms with Crippen molar-refractivity contribution in [3.05, 3.63) is 0 Å². The molecule has 1 fully saturated rings. The van der Waals surface area contributed by atoms with Crippen LogP contribution in [0.5, 0.6) is 0 Å². The molecule has 1 aliphatic heterocycles. The number of carbonyl (C=O) groups excluding carboxylic acids is 2. The van der Waals surface area contributed by atoms with E-state index in [1.165, 1.54) is 4.90 Å². The van der Waals surface area contributed by atoms with Crippen LogP contribution in [-0.2, 0) is 14.3 Å². The van der Waals surface area contributed by atoms with E-state index in [0.29, 0.717) is 0 Å². The summed E-state index contributed by atoms with van der Waals surface area (Å²) in [5.74, 6) is -0.374. The minimum absolute atomic E-state index is 0.158. The van der Waals surface area contributed by atoms with Crippen LogP contribution in [-0.4, -0.2) is 40.2 Å². The Labute approximate surface area is 108 Å². The van der Waals surface area contributed by atoms with Crippen molar-refractivity contribution in [2.75, 3.05) is 0 Å². The number of amides is 1. The molecule has 5 nitrogen and oxygen atoms in total. The van der Waals surface area contributed by atoms with Gasteiger partial charge >= 0.3 is 12.1 Å². The van der Waals surface area contributed by atoms with Crippen molar-refractivity contribution >= 4 is 12.1 Å². The first-order chi connectivity index (χ1) is 7.92. The summed E-state index contributed by atoms with van der Waals surface area (Å²) in [7, 11) is 0. The molecule has 0 bridgehead atoms. The van der Waals surface area contributed by atoms with E-state index in [0.717, 1.165) is 0 Å². The zero-order chi connectivity index (χ0) is 14.3. The highest BCUT2D eigenvalue weighted by Gasteiger charge is 2.55. The number of hydrogen-bond donors (Lipinski definition) is 0. The van der Waals surface area contributed by atoms with Gasteiger partial charge in [-0.25, -0.2) is 9.59 Å². The SMILES string of the molecule is C[C@H]1[C@@H](C(=O)OC(C)(C)C)N1C(=O)OC(C)(C)C. The molecule has 0 spiro atoms. The van der Waals surface area contributed by atoms with E-state index in [1.807, 2.05) is 0 Å². The number of rotatable bonds is 1. The Balaban J connectivity index is 2.58. The van der Waals surface area contributed by atoms with Gasteiger partial charge in [0.15, 0.2) is 6.04 Å². The Morgan fingerprint density at radius 3 is 1.78 bits per heavy atom. The highest BCUT2D eigenvalue weighted by Crippen LogP contribution is 2.32. The maximum absolute atomic E-state index is 11.8. The van der Waals surface area contributed by atoms with Gasteiger partial charge in [0.1, 0.15) is 11.2 Å². The van der Waals surface area contributed by atoms with Crippen molar-refractivity contribution < 1.29 is 19.1 Å². The number of esters is 1. The van der Waals surface area contributed by atoms with Gasteiger partial charge in [-0.1, -0.05) is 0 Å². The molecule has 0 N–H and O–H groups in total. The maximum atomic E-state index is 11.8. The lowest BCUT2D eigenvalue weighted by Crippen LogP contribution is -2.32. The molecule has 18 heavy (non-hydrogen) atoms. The third-order valence-corrected chi connectivity index (χ3v) is 2.36. The molecule has 104 valence electrons. The summed E-state index contributed by atoms with van der Waals surface area (Å²) in [6.45, 7) is 12.6. The molecule has 1 heterocycles. The molecule has 1 saturated heterocycles. The summed E-state index contributed by atoms with van der Waals surface area (Å²) in [6, 6.07) is -0.672. The molecule has 0 radical (unpaired) electrons. The van der Waals surface area contributed by atoms with Crippen LogP contribution in [0.3, 0.4) is 0 Å². The summed E-state index contributed by atoms with van der Waals surface area (Å²) in [6.07, 6.45) is -0.467. The highest BCUT2D eigenvalue weighted by atomic mass is 16.6. The van der Waals surface area contributed by atoms with Crippen LogP contribution >= 0.6 is 0 Å². The molecular formula is C13H23NO4. The molecule has 0 saturated carbocycles. The average molecular weight is 257 g/mol. The Morgan fingerprint density at radius 2 is 1.39 bits per heavy atom. The minimum atomic E-state index is -0.558. The van der Waals surface area contributed by atoms with Gasteiger partial charge in [-0.2, -0.15) is 0 Å². The van der Waals surface area contributed by atoms with E-state index in [2.05, 4.69) is 0 Å². The summed E-state index contributed by atoms with van der Waals surface area (Å²) >= 11 is 0. The van der Waals surface area contributed by atoms with E-state index in [4.69, 9.17) is 9.47 Å². The molecule has 0 aromatic heterocycles. The molecule has 1 amide bonds. The normalized spacial score (nSPS) is 23.6. The zero-order valence-corrected chi connectivity index (χ0v) is 12.2. The van der Waals surface area contributed by atoms with Crippen LogP contribution in [0.15, 0.2) is 0 Å². The van der Waals surface area contributed by atoms with Gasteiger partial charge in [0.05, 0.1) is 6.04 Å². The van der Waals surface area contributed by atoms with Crippen molar-refractivity contribution in [1.82, 2.24) is 4.90 Å². The van der Waals surface area contributed by atoms with Gasteiger partial charge in [-0.05, 0) is 48.5 Å². The first-order valence-electron chi connectivity index (χ1n) is 6.16. The second-order valence-electron chi connectivity index (χ2n) is 6.61. The predicted octanol–water partition coefficient (Wildman–Crippen LogP) is 2.34. The molecule has 0 aromatic rings. The Kier molecular flexibility index (Phi) is 3.65. The molecular weight excluding hydrogens is 234 g/mol. The van der Waals surface area contributed by atoms with Crippen molar-refractivity contribution in [3.63, 3.8) is 0 Å². The molecule has 1 aliphatic rings. The Morgan fingerprint density at radius 1 is 0.944 bits per heavy atom. The predicted molar refractivity (Wildman–Crippen MR) is 67.2 cm³/mol. The summed E-state index contributed by atoms with van der Waals surface area (Å²) < 4.78 is 10.5. The topological polar surface area (TPSA) is 55.6 Å². The second-order valence-corrected chi connectivity index (χ2v) is 6.61. The number of ether oxygens (including phenoxy) is 2. The lowest BCUT2D eigenvalue weighted by Gasteiger charge is -2.21. The fraction of sp³-hybridized carbons (Fsp3) is 0.846. The van der Waals surface area contributed by atoms with Gasteiger partial charge in [0, 0.05) is 0 Å². The van der Waals surface area contributed by atoms with E-state index < -0.39 is 23.3 Å². The largest absolute Gasteiger partial charge is 0.458 e. The highest BCUT2D eigenvalue weighted by molar-refractivity contribution is 5.88. The van der Waals surface area contributed by atoms with Crippen LogP contribution < -0.4 is 0 Å². The van der Waals surface area contributed by atoms with Crippen LogP contribution in [0.25, 0.3) is 0 Å². The van der Waals surface area contributed by atoms with E-state index in [-0.39, 0.29) is 12.0 Å². The lowest BCUT2D eigenvalue weighted by atomic mass is 10.2. The van der Waals surface area contributed by atoms with E-state index in [1.54, 1.807) is 48.5 Å². The Bertz CT molecular complexity index is 317. The first kappa shape index (κ1) is 14.8. The standard InChI is InChI=1S/C13H23NO4/c1-8-9(10(15)17-12(2,3)4)14(8)11(16)18-13(5,6)7/h8-9H,1-7H3/t8-,9-,14?/m0/s1. The average Bonchev–Trinajstić information content (AvgIpc) is 2.70. The summed E-state index contributed by atoms with van der Waals surface area (Å²) in [4.78, 5) is 25.1. The molecule has 2 atom stereocenters. The lowest BCUT2D eigenvalue weighted by molar-refractivity contribution is -0.155. The van der Waals surface area contributed by atoms with Crippen molar-refractivity contribution in [3.8, 4) is 0 Å². The van der Waals surface area contributed by atoms with Crippen molar-refractivity contribution in [1.29, 1.82) is 0 Å². The van der Waals surface area contributed by atoms with Crippen molar-refractivity contribution in [2.24, 2.45) is 0 Å². The fourth-order valence-electron chi connectivity index (χ4n) is 1.62. The van der Waals surface area contributed by atoms with Crippen LogP contribution in [0.1, 0.15) is 48.5 Å². The van der Waals surface area contributed by atoms with Crippen LogP contribution in [0.4, 0.5) is 4.79 Å². The summed E-state index contributed by atoms with van der Waals surface area (Å²) in [5, 5.41) is 0. The van der Waals surface area contributed by atoms with Crippen LogP contribution in [0.2, 0.25) is 0 Å². The van der Waals surface area contributed by atoms with E-state index in [9.17, 15) is 9.59 Å². The smallest absolute Gasteiger partial charge is 0.411 e. The third-order valence-electron chi connectivity index (χ3n) is 2.36. The summed E-state index contributed by atoms with van der Waals surface area (Å²) in [5.41, 5.74) is -1.10. The van der Waals surface area contributed by atoms with Gasteiger partial charge < -0.3 is 9.47 Å². The number of carbonyl (C=O) groups is 2. The zero-order valence-electron chi connectivity index (χ0n) is 12.2. The maximum Gasteiger partial charge on any atom is 0.411 e. The fourth-order valence-corrected chi connectivity index (χ4v) is 1.62. The molecule has 0 unspecified atom stereocenters. The molecule has 1 rings (SSSR count). The quantitative estimate of drug-likeness (QED) is 0.534. The van der Waals surface area contributed by atoms with Crippen molar-refractivity contribution in [2.45, 2.75) is 71.8 Å². The number of hydrogen-bond acceptors (Lipinski definition) is 4. The number of nitrogens with zero attached hydrogens (tertiary/aromatic N) is 1. The van der Waals surface area contributed by atoms with Gasteiger partial charge in [0.2, 0.25) is 0 Å². The third kappa shape index (κ3) is 3.89. The molecule has 5 heteroatoms. The second kappa shape index (κ2) is 4.44. The molecule has 0 aromatic carbocycles. The van der Waals surface area contributed by atoms with Gasteiger partial charge in [-0.15, -0.1) is 0 Å². The first-order valence-corrected chi connectivity index (χ1v) is 6.16. The minimum Gasteiger partial charge on any atom is -0.458 e. The van der Waals surface area contributed by atoms with Crippen LogP contribution in [0, 0.1) is 0 Å². The monoisotopic (exact) mass is 257 g/mol. The van der Waals surface area contributed by atoms with Gasteiger partial charge in [-0.3, -0.25) is 4.90 Å². The van der Waals surface area contributed by atoms with E-state index >= 15 is 0 Å². The molecule has 0 aliphatic carbocycles. The van der Waals surface area contributed by atoms with Gasteiger partial charge in [0.25, 0.3) is 0 Å². The Hall–Kier alpha value is -1.26.